The maximum absolute atomic E-state index is 6.34. The molecule has 0 unspecified atom stereocenters. The molecule has 0 atom stereocenters. The highest BCUT2D eigenvalue weighted by Crippen LogP contribution is 2.41. The van der Waals surface area contributed by atoms with E-state index >= 15 is 0 Å². The molecule has 3 aromatic rings. The smallest absolute Gasteiger partial charge is 0.0872 e. The van der Waals surface area contributed by atoms with Gasteiger partial charge >= 0.3 is 0 Å². The Morgan fingerprint density at radius 2 is 1.08 bits per heavy atom. The number of nitrogens with zero attached hydrogens (tertiary/aromatic N) is 1. The minimum Gasteiger partial charge on any atom is -0.246 e. The molecule has 0 radical (unpaired) electrons. The van der Waals surface area contributed by atoms with Gasteiger partial charge in [0.05, 0.1) is 31.5 Å². The first-order valence-corrected chi connectivity index (χ1v) is 10.1. The zero-order valence-corrected chi connectivity index (χ0v) is 18.8. The van der Waals surface area contributed by atoms with Crippen molar-refractivity contribution in [2.45, 2.75) is 0 Å². The summed E-state index contributed by atoms with van der Waals surface area (Å²) >= 11 is 39.4. The second-order valence-electron chi connectivity index (χ2n) is 5.02. The highest BCUT2D eigenvalue weighted by molar-refractivity contribution is 14.1. The van der Waals surface area contributed by atoms with Crippen LogP contribution in [0.15, 0.2) is 36.4 Å². The first-order valence-electron chi connectivity index (χ1n) is 6.74. The molecular formula is C17H6Cl6IN. The minimum absolute atomic E-state index is 0.408. The van der Waals surface area contributed by atoms with Gasteiger partial charge in [0.25, 0.3) is 0 Å². The topological polar surface area (TPSA) is 12.9 Å². The minimum atomic E-state index is 0.408. The highest BCUT2D eigenvalue weighted by atomic mass is 127. The highest BCUT2D eigenvalue weighted by Gasteiger charge is 2.18. The summed E-state index contributed by atoms with van der Waals surface area (Å²) in [6.07, 6.45) is 0. The van der Waals surface area contributed by atoms with Crippen LogP contribution in [0.5, 0.6) is 0 Å². The maximum Gasteiger partial charge on any atom is 0.0872 e. The molecule has 0 bridgehead atoms. The molecule has 0 saturated heterocycles. The lowest BCUT2D eigenvalue weighted by Crippen LogP contribution is -1.95. The molecule has 25 heavy (non-hydrogen) atoms. The average molecular weight is 564 g/mol. The largest absolute Gasteiger partial charge is 0.246 e. The van der Waals surface area contributed by atoms with E-state index in [9.17, 15) is 0 Å². The quantitative estimate of drug-likeness (QED) is 0.284. The van der Waals surface area contributed by atoms with Crippen LogP contribution >= 0.6 is 92.2 Å². The van der Waals surface area contributed by atoms with Crippen LogP contribution in [0.4, 0.5) is 0 Å². The summed E-state index contributed by atoms with van der Waals surface area (Å²) in [7, 11) is 0. The summed E-state index contributed by atoms with van der Waals surface area (Å²) in [4.78, 5) is 4.68. The number of pyridine rings is 1. The molecule has 0 aliphatic rings. The zero-order valence-electron chi connectivity index (χ0n) is 12.1. The standard InChI is InChI=1S/C17H6Cl6IN/c18-7-3-9(20)15(10(21)4-7)14-2-1-13(24)17(25-14)16-11(22)5-8(19)6-12(16)23/h1-6H. The van der Waals surface area contributed by atoms with Gasteiger partial charge in [-0.15, -0.1) is 0 Å². The summed E-state index contributed by atoms with van der Waals surface area (Å²) in [5, 5.41) is 2.54. The van der Waals surface area contributed by atoms with Crippen LogP contribution in [-0.2, 0) is 0 Å². The van der Waals surface area contributed by atoms with Gasteiger partial charge in [0, 0.05) is 24.7 Å². The fourth-order valence-electron chi connectivity index (χ4n) is 2.31. The van der Waals surface area contributed by atoms with Crippen molar-refractivity contribution in [3.8, 4) is 22.5 Å². The van der Waals surface area contributed by atoms with Crippen LogP contribution in [0.2, 0.25) is 30.1 Å². The second-order valence-corrected chi connectivity index (χ2v) is 8.68. The molecule has 128 valence electrons. The summed E-state index contributed by atoms with van der Waals surface area (Å²) in [6, 6.07) is 10.2. The predicted molar refractivity (Wildman–Crippen MR) is 118 cm³/mol. The fraction of sp³-hybridized carbons (Fsp3) is 0. The summed E-state index contributed by atoms with van der Waals surface area (Å²) in [5.41, 5.74) is 2.39. The van der Waals surface area contributed by atoms with Crippen molar-refractivity contribution in [3.05, 3.63) is 70.1 Å². The zero-order chi connectivity index (χ0) is 18.3. The van der Waals surface area contributed by atoms with Gasteiger partial charge < -0.3 is 0 Å². The number of rotatable bonds is 2. The first kappa shape index (κ1) is 19.8. The lowest BCUT2D eigenvalue weighted by molar-refractivity contribution is 1.30. The lowest BCUT2D eigenvalue weighted by atomic mass is 10.1. The van der Waals surface area contributed by atoms with Crippen molar-refractivity contribution in [3.63, 3.8) is 0 Å². The molecular weight excluding hydrogens is 558 g/mol. The van der Waals surface area contributed by atoms with E-state index < -0.39 is 0 Å². The SMILES string of the molecule is Clc1cc(Cl)c(-c2ccc(I)c(-c3c(Cl)cc(Cl)cc3Cl)n2)c(Cl)c1. The maximum atomic E-state index is 6.34. The lowest BCUT2D eigenvalue weighted by Gasteiger charge is -2.13. The Kier molecular flexibility index (Phi) is 6.32. The van der Waals surface area contributed by atoms with E-state index in [0.717, 1.165) is 3.57 Å². The van der Waals surface area contributed by atoms with E-state index in [1.165, 1.54) is 0 Å². The molecule has 1 nitrogen and oxygen atoms in total. The van der Waals surface area contributed by atoms with Crippen molar-refractivity contribution >= 4 is 92.2 Å². The third-order valence-electron chi connectivity index (χ3n) is 3.35. The average Bonchev–Trinajstić information content (AvgIpc) is 2.48. The molecule has 0 fully saturated rings. The molecule has 0 amide bonds. The summed E-state index contributed by atoms with van der Waals surface area (Å²) < 4.78 is 0.869. The Morgan fingerprint density at radius 3 is 1.56 bits per heavy atom. The number of halogens is 7. The van der Waals surface area contributed by atoms with Gasteiger partial charge in [0.2, 0.25) is 0 Å². The van der Waals surface area contributed by atoms with Crippen molar-refractivity contribution in [2.75, 3.05) is 0 Å². The second kappa shape index (κ2) is 7.97. The van der Waals surface area contributed by atoms with Gasteiger partial charge in [-0.2, -0.15) is 0 Å². The third-order valence-corrected chi connectivity index (χ3v) is 5.85. The third kappa shape index (κ3) is 4.16. The van der Waals surface area contributed by atoms with Gasteiger partial charge in [0.15, 0.2) is 0 Å². The molecule has 2 aromatic carbocycles. The van der Waals surface area contributed by atoms with Crippen LogP contribution in [0.25, 0.3) is 22.5 Å². The molecule has 0 N–H and O–H groups in total. The van der Waals surface area contributed by atoms with E-state index in [0.29, 0.717) is 52.7 Å². The normalized spacial score (nSPS) is 11.0. The first-order chi connectivity index (χ1) is 11.8. The Labute approximate surface area is 188 Å². The van der Waals surface area contributed by atoms with Crippen molar-refractivity contribution in [2.24, 2.45) is 0 Å². The Hall–Kier alpha value is 0.0600. The van der Waals surface area contributed by atoms with Gasteiger partial charge in [-0.25, -0.2) is 4.98 Å². The Bertz CT molecular complexity index is 943. The van der Waals surface area contributed by atoms with E-state index in [2.05, 4.69) is 27.6 Å². The van der Waals surface area contributed by atoms with Crippen molar-refractivity contribution in [1.82, 2.24) is 4.98 Å². The summed E-state index contributed by atoms with van der Waals surface area (Å²) in [6.45, 7) is 0. The van der Waals surface area contributed by atoms with Crippen LogP contribution in [0, 0.1) is 3.57 Å². The van der Waals surface area contributed by atoms with Crippen molar-refractivity contribution < 1.29 is 0 Å². The van der Waals surface area contributed by atoms with Gasteiger partial charge in [-0.1, -0.05) is 69.6 Å². The molecule has 0 saturated carbocycles. The van der Waals surface area contributed by atoms with E-state index in [1.807, 2.05) is 12.1 Å². The molecule has 8 heteroatoms. The van der Waals surface area contributed by atoms with Crippen LogP contribution in [0.1, 0.15) is 0 Å². The van der Waals surface area contributed by atoms with E-state index in [-0.39, 0.29) is 0 Å². The molecule has 1 heterocycles. The van der Waals surface area contributed by atoms with Crippen LogP contribution in [-0.4, -0.2) is 4.98 Å². The van der Waals surface area contributed by atoms with Gasteiger partial charge in [-0.3, -0.25) is 0 Å². The number of hydrogen-bond acceptors (Lipinski definition) is 1. The Morgan fingerprint density at radius 1 is 0.640 bits per heavy atom. The van der Waals surface area contributed by atoms with Gasteiger partial charge in [-0.05, 0) is 59.0 Å². The number of hydrogen-bond donors (Lipinski definition) is 0. The molecule has 0 aliphatic heterocycles. The summed E-state index contributed by atoms with van der Waals surface area (Å²) in [5.74, 6) is 0. The Balaban J connectivity index is 2.25. The predicted octanol–water partition coefficient (Wildman–Crippen LogP) is 8.94. The van der Waals surface area contributed by atoms with Crippen LogP contribution < -0.4 is 0 Å². The van der Waals surface area contributed by atoms with Crippen molar-refractivity contribution in [1.29, 1.82) is 0 Å². The molecule has 3 rings (SSSR count). The van der Waals surface area contributed by atoms with E-state index in [4.69, 9.17) is 69.6 Å². The molecule has 0 aliphatic carbocycles. The molecule has 0 spiro atoms. The van der Waals surface area contributed by atoms with E-state index in [1.54, 1.807) is 24.3 Å². The van der Waals surface area contributed by atoms with Crippen LogP contribution in [0.3, 0.4) is 0 Å². The molecule has 1 aromatic heterocycles. The number of benzene rings is 2. The number of aromatic nitrogens is 1. The fourth-order valence-corrected chi connectivity index (χ4v) is 4.89. The van der Waals surface area contributed by atoms with Gasteiger partial charge in [0.1, 0.15) is 0 Å². The monoisotopic (exact) mass is 561 g/mol.